The molecular weight excluding hydrogens is 283 g/mol. The molecule has 0 saturated carbocycles. The van der Waals surface area contributed by atoms with Gasteiger partial charge in [0.25, 0.3) is 0 Å². The number of halogens is 3. The first-order valence-corrected chi connectivity index (χ1v) is 6.77. The summed E-state index contributed by atoms with van der Waals surface area (Å²) in [5.41, 5.74) is 10.5. The molecule has 0 bridgehead atoms. The molecule has 0 aliphatic carbocycles. The third kappa shape index (κ3) is 3.47. The number of nitrogens with two attached hydrogens (primary N) is 2. The van der Waals surface area contributed by atoms with Crippen molar-refractivity contribution in [3.05, 3.63) is 29.3 Å². The SMILES string of the molecule is NCc1ccc(N2CCCC(C(N)=O)C2)c(C(F)(F)F)c1. The van der Waals surface area contributed by atoms with E-state index >= 15 is 0 Å². The molecule has 1 aliphatic heterocycles. The van der Waals surface area contributed by atoms with Crippen molar-refractivity contribution in [2.24, 2.45) is 17.4 Å². The Hall–Kier alpha value is -1.76. The molecule has 1 amide bonds. The highest BCUT2D eigenvalue weighted by Gasteiger charge is 2.36. The molecule has 116 valence electrons. The van der Waals surface area contributed by atoms with E-state index in [1.807, 2.05) is 0 Å². The summed E-state index contributed by atoms with van der Waals surface area (Å²) in [4.78, 5) is 12.9. The Bertz CT molecular complexity index is 531. The van der Waals surface area contributed by atoms with E-state index in [0.29, 0.717) is 24.9 Å². The number of piperidine rings is 1. The van der Waals surface area contributed by atoms with Crippen LogP contribution in [0.15, 0.2) is 18.2 Å². The zero-order chi connectivity index (χ0) is 15.6. The zero-order valence-electron chi connectivity index (χ0n) is 11.5. The molecule has 1 aromatic carbocycles. The Kier molecular flexibility index (Phi) is 4.41. The number of hydrogen-bond acceptors (Lipinski definition) is 3. The van der Waals surface area contributed by atoms with Gasteiger partial charge in [0.2, 0.25) is 5.91 Å². The van der Waals surface area contributed by atoms with Crippen molar-refractivity contribution < 1.29 is 18.0 Å². The number of rotatable bonds is 3. The molecule has 1 saturated heterocycles. The van der Waals surface area contributed by atoms with Crippen LogP contribution >= 0.6 is 0 Å². The van der Waals surface area contributed by atoms with Crippen molar-refractivity contribution in [2.75, 3.05) is 18.0 Å². The highest BCUT2D eigenvalue weighted by molar-refractivity contribution is 5.77. The lowest BCUT2D eigenvalue weighted by molar-refractivity contribution is -0.137. The zero-order valence-corrected chi connectivity index (χ0v) is 11.5. The summed E-state index contributed by atoms with van der Waals surface area (Å²) < 4.78 is 39.6. The van der Waals surface area contributed by atoms with Crippen LogP contribution in [-0.4, -0.2) is 19.0 Å². The number of primary amides is 1. The molecule has 2 rings (SSSR count). The van der Waals surface area contributed by atoms with Gasteiger partial charge in [0.15, 0.2) is 0 Å². The van der Waals surface area contributed by atoms with Gasteiger partial charge in [-0.1, -0.05) is 6.07 Å². The summed E-state index contributed by atoms with van der Waals surface area (Å²) in [5.74, 6) is -0.874. The molecule has 4 nitrogen and oxygen atoms in total. The predicted molar refractivity (Wildman–Crippen MR) is 73.5 cm³/mol. The second-order valence-corrected chi connectivity index (χ2v) is 5.24. The van der Waals surface area contributed by atoms with E-state index in [1.54, 1.807) is 11.0 Å². The van der Waals surface area contributed by atoms with E-state index in [2.05, 4.69) is 0 Å². The van der Waals surface area contributed by atoms with Crippen molar-refractivity contribution in [3.8, 4) is 0 Å². The van der Waals surface area contributed by atoms with E-state index in [1.165, 1.54) is 6.07 Å². The summed E-state index contributed by atoms with van der Waals surface area (Å²) in [6.45, 7) is 0.752. The predicted octanol–water partition coefficient (Wildman–Crippen LogP) is 1.87. The highest BCUT2D eigenvalue weighted by Crippen LogP contribution is 2.38. The summed E-state index contributed by atoms with van der Waals surface area (Å²) in [5, 5.41) is 0. The van der Waals surface area contributed by atoms with Crippen LogP contribution in [0.1, 0.15) is 24.0 Å². The smallest absolute Gasteiger partial charge is 0.370 e. The van der Waals surface area contributed by atoms with Crippen LogP contribution in [0.4, 0.5) is 18.9 Å². The van der Waals surface area contributed by atoms with Crippen molar-refractivity contribution in [1.29, 1.82) is 0 Å². The van der Waals surface area contributed by atoms with Gasteiger partial charge in [-0.25, -0.2) is 0 Å². The van der Waals surface area contributed by atoms with Crippen molar-refractivity contribution in [2.45, 2.75) is 25.6 Å². The van der Waals surface area contributed by atoms with Gasteiger partial charge in [0.1, 0.15) is 0 Å². The number of carbonyl (C=O) groups excluding carboxylic acids is 1. The van der Waals surface area contributed by atoms with Crippen LogP contribution < -0.4 is 16.4 Å². The van der Waals surface area contributed by atoms with Crippen LogP contribution in [-0.2, 0) is 17.5 Å². The van der Waals surface area contributed by atoms with Crippen LogP contribution in [0.25, 0.3) is 0 Å². The number of benzene rings is 1. The number of hydrogen-bond donors (Lipinski definition) is 2. The third-order valence-electron chi connectivity index (χ3n) is 3.77. The third-order valence-corrected chi connectivity index (χ3v) is 3.77. The quantitative estimate of drug-likeness (QED) is 0.895. The number of carbonyl (C=O) groups is 1. The molecule has 4 N–H and O–H groups in total. The molecule has 1 heterocycles. The Morgan fingerprint density at radius 1 is 1.38 bits per heavy atom. The second kappa shape index (κ2) is 5.93. The summed E-state index contributed by atoms with van der Waals surface area (Å²) in [6.07, 6.45) is -3.20. The maximum Gasteiger partial charge on any atom is 0.418 e. The Labute approximate surface area is 120 Å². The molecule has 1 aliphatic rings. The summed E-state index contributed by atoms with van der Waals surface area (Å²) in [7, 11) is 0. The van der Waals surface area contributed by atoms with E-state index in [9.17, 15) is 18.0 Å². The average Bonchev–Trinajstić information content (AvgIpc) is 2.45. The van der Waals surface area contributed by atoms with E-state index in [0.717, 1.165) is 6.07 Å². The minimum atomic E-state index is -4.46. The maximum absolute atomic E-state index is 13.2. The number of amides is 1. The normalized spacial score (nSPS) is 19.6. The first-order chi connectivity index (χ1) is 9.82. The minimum absolute atomic E-state index is 0.0489. The lowest BCUT2D eigenvalue weighted by Gasteiger charge is -2.34. The molecular formula is C14H18F3N3O. The number of alkyl halides is 3. The maximum atomic E-state index is 13.2. The van der Waals surface area contributed by atoms with Crippen LogP contribution in [0, 0.1) is 5.92 Å². The summed E-state index contributed by atoms with van der Waals surface area (Å²) >= 11 is 0. The summed E-state index contributed by atoms with van der Waals surface area (Å²) in [6, 6.07) is 4.08. The minimum Gasteiger partial charge on any atom is -0.370 e. The molecule has 0 radical (unpaired) electrons. The van der Waals surface area contributed by atoms with Gasteiger partial charge >= 0.3 is 6.18 Å². The number of nitrogens with zero attached hydrogens (tertiary/aromatic N) is 1. The van der Waals surface area contributed by atoms with Gasteiger partial charge in [-0.2, -0.15) is 13.2 Å². The van der Waals surface area contributed by atoms with Crippen LogP contribution in [0.2, 0.25) is 0 Å². The molecule has 21 heavy (non-hydrogen) atoms. The van der Waals surface area contributed by atoms with Crippen molar-refractivity contribution in [1.82, 2.24) is 0 Å². The Balaban J connectivity index is 2.36. The monoisotopic (exact) mass is 301 g/mol. The fourth-order valence-corrected chi connectivity index (χ4v) is 2.64. The van der Waals surface area contributed by atoms with Gasteiger partial charge < -0.3 is 16.4 Å². The van der Waals surface area contributed by atoms with Gasteiger partial charge in [-0.05, 0) is 30.5 Å². The molecule has 0 aromatic heterocycles. The van der Waals surface area contributed by atoms with Gasteiger partial charge in [0.05, 0.1) is 11.5 Å². The average molecular weight is 301 g/mol. The molecule has 0 spiro atoms. The van der Waals surface area contributed by atoms with Crippen molar-refractivity contribution in [3.63, 3.8) is 0 Å². The molecule has 7 heteroatoms. The Morgan fingerprint density at radius 2 is 2.10 bits per heavy atom. The molecule has 1 aromatic rings. The van der Waals surface area contributed by atoms with Gasteiger partial charge in [-0.3, -0.25) is 4.79 Å². The topological polar surface area (TPSA) is 72.3 Å². The lowest BCUT2D eigenvalue weighted by Crippen LogP contribution is -2.41. The highest BCUT2D eigenvalue weighted by atomic mass is 19.4. The largest absolute Gasteiger partial charge is 0.418 e. The van der Waals surface area contributed by atoms with Crippen LogP contribution in [0.3, 0.4) is 0 Å². The van der Waals surface area contributed by atoms with Crippen molar-refractivity contribution >= 4 is 11.6 Å². The van der Waals surface area contributed by atoms with E-state index in [4.69, 9.17) is 11.5 Å². The first-order valence-electron chi connectivity index (χ1n) is 6.77. The number of anilines is 1. The van der Waals surface area contributed by atoms with Gasteiger partial charge in [0, 0.05) is 25.3 Å². The van der Waals surface area contributed by atoms with E-state index in [-0.39, 0.29) is 18.8 Å². The molecule has 1 fully saturated rings. The fourth-order valence-electron chi connectivity index (χ4n) is 2.64. The standard InChI is InChI=1S/C14H18F3N3O/c15-14(16,17)11-6-9(7-18)3-4-12(11)20-5-1-2-10(8-20)13(19)21/h3-4,6,10H,1-2,5,7-8,18H2,(H2,19,21). The molecule has 1 unspecified atom stereocenters. The van der Waals surface area contributed by atoms with Gasteiger partial charge in [-0.15, -0.1) is 0 Å². The van der Waals surface area contributed by atoms with Crippen LogP contribution in [0.5, 0.6) is 0 Å². The van der Waals surface area contributed by atoms with E-state index < -0.39 is 23.6 Å². The Morgan fingerprint density at radius 3 is 2.67 bits per heavy atom. The fraction of sp³-hybridized carbons (Fsp3) is 0.500. The lowest BCUT2D eigenvalue weighted by atomic mass is 9.96. The second-order valence-electron chi connectivity index (χ2n) is 5.24. The first kappa shape index (κ1) is 15.6. The molecule has 1 atom stereocenters.